The molecule has 110 valence electrons. The van der Waals surface area contributed by atoms with Crippen molar-refractivity contribution >= 4 is 23.4 Å². The molecule has 0 heterocycles. The molecule has 0 aliphatic heterocycles. The SMILES string of the molecule is CC(C)(C)NC(=O)CCCNC(=O)c1ccc(Cl)cc1. The Morgan fingerprint density at radius 3 is 2.30 bits per heavy atom. The van der Waals surface area contributed by atoms with Gasteiger partial charge in [0.1, 0.15) is 0 Å². The third kappa shape index (κ3) is 6.57. The highest BCUT2D eigenvalue weighted by Crippen LogP contribution is 2.09. The summed E-state index contributed by atoms with van der Waals surface area (Å²) in [5.74, 6) is -0.156. The van der Waals surface area contributed by atoms with Gasteiger partial charge in [-0.2, -0.15) is 0 Å². The van der Waals surface area contributed by atoms with Crippen LogP contribution in [0.25, 0.3) is 0 Å². The zero-order valence-corrected chi connectivity index (χ0v) is 12.9. The summed E-state index contributed by atoms with van der Waals surface area (Å²) in [5.41, 5.74) is 0.345. The highest BCUT2D eigenvalue weighted by atomic mass is 35.5. The van der Waals surface area contributed by atoms with E-state index in [-0.39, 0.29) is 17.4 Å². The fraction of sp³-hybridized carbons (Fsp3) is 0.467. The van der Waals surface area contributed by atoms with Crippen LogP contribution >= 0.6 is 11.6 Å². The second-order valence-electron chi connectivity index (χ2n) is 5.66. The van der Waals surface area contributed by atoms with Crippen LogP contribution in [0, 0.1) is 0 Å². The monoisotopic (exact) mass is 296 g/mol. The van der Waals surface area contributed by atoms with Gasteiger partial charge in [0.05, 0.1) is 0 Å². The summed E-state index contributed by atoms with van der Waals surface area (Å²) in [6.45, 7) is 6.28. The molecule has 0 aromatic heterocycles. The molecule has 0 spiro atoms. The van der Waals surface area contributed by atoms with E-state index in [0.717, 1.165) is 0 Å². The molecular weight excluding hydrogens is 276 g/mol. The molecule has 1 aromatic rings. The van der Waals surface area contributed by atoms with E-state index in [0.29, 0.717) is 30.0 Å². The Kier molecular flexibility index (Phi) is 6.02. The highest BCUT2D eigenvalue weighted by Gasteiger charge is 2.13. The van der Waals surface area contributed by atoms with Gasteiger partial charge >= 0.3 is 0 Å². The number of halogens is 1. The zero-order valence-electron chi connectivity index (χ0n) is 12.1. The van der Waals surface area contributed by atoms with Crippen molar-refractivity contribution in [3.8, 4) is 0 Å². The largest absolute Gasteiger partial charge is 0.352 e. The minimum Gasteiger partial charge on any atom is -0.352 e. The lowest BCUT2D eigenvalue weighted by atomic mass is 10.1. The molecule has 0 saturated carbocycles. The van der Waals surface area contributed by atoms with Gasteiger partial charge in [0.25, 0.3) is 5.91 Å². The van der Waals surface area contributed by atoms with Gasteiger partial charge in [0, 0.05) is 29.1 Å². The summed E-state index contributed by atoms with van der Waals surface area (Å²) in [6.07, 6.45) is 1.01. The Bertz CT molecular complexity index is 464. The third-order valence-electron chi connectivity index (χ3n) is 2.49. The van der Waals surface area contributed by atoms with Crippen molar-refractivity contribution < 1.29 is 9.59 Å². The first-order valence-electron chi connectivity index (χ1n) is 6.63. The van der Waals surface area contributed by atoms with Crippen molar-refractivity contribution in [2.45, 2.75) is 39.2 Å². The second kappa shape index (κ2) is 7.29. The molecule has 20 heavy (non-hydrogen) atoms. The van der Waals surface area contributed by atoms with E-state index in [1.54, 1.807) is 24.3 Å². The molecule has 0 aliphatic carbocycles. The van der Waals surface area contributed by atoms with E-state index in [1.807, 2.05) is 20.8 Å². The molecule has 0 bridgehead atoms. The molecule has 0 fully saturated rings. The molecule has 2 N–H and O–H groups in total. The molecule has 0 saturated heterocycles. The molecular formula is C15H21ClN2O2. The maximum atomic E-state index is 11.8. The Morgan fingerprint density at radius 2 is 1.75 bits per heavy atom. The predicted octanol–water partition coefficient (Wildman–Crippen LogP) is 2.76. The van der Waals surface area contributed by atoms with Gasteiger partial charge in [0.15, 0.2) is 0 Å². The predicted molar refractivity (Wildman–Crippen MR) is 80.9 cm³/mol. The van der Waals surface area contributed by atoms with E-state index < -0.39 is 0 Å². The fourth-order valence-corrected chi connectivity index (χ4v) is 1.76. The van der Waals surface area contributed by atoms with Crippen LogP contribution < -0.4 is 10.6 Å². The molecule has 1 aromatic carbocycles. The third-order valence-corrected chi connectivity index (χ3v) is 2.74. The van der Waals surface area contributed by atoms with Gasteiger partial charge < -0.3 is 10.6 Å². The summed E-state index contributed by atoms with van der Waals surface area (Å²) in [7, 11) is 0. The minimum absolute atomic E-state index is 0.00163. The average molecular weight is 297 g/mol. The Morgan fingerprint density at radius 1 is 1.15 bits per heavy atom. The average Bonchev–Trinajstić information content (AvgIpc) is 2.33. The Balaban J connectivity index is 2.26. The van der Waals surface area contributed by atoms with Gasteiger partial charge in [-0.15, -0.1) is 0 Å². The summed E-state index contributed by atoms with van der Waals surface area (Å²) < 4.78 is 0. The summed E-state index contributed by atoms with van der Waals surface area (Å²) >= 11 is 5.75. The van der Waals surface area contributed by atoms with Gasteiger partial charge in [0.2, 0.25) is 5.91 Å². The van der Waals surface area contributed by atoms with Crippen molar-refractivity contribution in [1.82, 2.24) is 10.6 Å². The van der Waals surface area contributed by atoms with Crippen molar-refractivity contribution in [2.75, 3.05) is 6.54 Å². The number of hydrogen-bond acceptors (Lipinski definition) is 2. The first-order valence-corrected chi connectivity index (χ1v) is 7.00. The van der Waals surface area contributed by atoms with Crippen LogP contribution in [0.4, 0.5) is 0 Å². The smallest absolute Gasteiger partial charge is 0.251 e. The van der Waals surface area contributed by atoms with Crippen LogP contribution in [0.3, 0.4) is 0 Å². The van der Waals surface area contributed by atoms with Gasteiger partial charge in [-0.1, -0.05) is 11.6 Å². The number of amides is 2. The molecule has 0 radical (unpaired) electrons. The standard InChI is InChI=1S/C15H21ClN2O2/c1-15(2,3)18-13(19)5-4-10-17-14(20)11-6-8-12(16)9-7-11/h6-9H,4-5,10H2,1-3H3,(H,17,20)(H,18,19). The van der Waals surface area contributed by atoms with E-state index in [2.05, 4.69) is 10.6 Å². The van der Waals surface area contributed by atoms with Gasteiger partial charge in [-0.3, -0.25) is 9.59 Å². The van der Waals surface area contributed by atoms with Crippen LogP contribution in [0.1, 0.15) is 44.0 Å². The lowest BCUT2D eigenvalue weighted by molar-refractivity contribution is -0.122. The minimum atomic E-state index is -0.219. The summed E-state index contributed by atoms with van der Waals surface area (Å²) in [5, 5.41) is 6.25. The van der Waals surface area contributed by atoms with Gasteiger partial charge in [-0.05, 0) is 51.5 Å². The summed E-state index contributed by atoms with van der Waals surface area (Å²) in [4.78, 5) is 23.3. The lowest BCUT2D eigenvalue weighted by Crippen LogP contribution is -2.40. The van der Waals surface area contributed by atoms with Crippen LogP contribution in [-0.4, -0.2) is 23.9 Å². The number of hydrogen-bond donors (Lipinski definition) is 2. The molecule has 0 atom stereocenters. The first-order chi connectivity index (χ1) is 9.28. The lowest BCUT2D eigenvalue weighted by Gasteiger charge is -2.20. The number of benzene rings is 1. The molecule has 5 heteroatoms. The highest BCUT2D eigenvalue weighted by molar-refractivity contribution is 6.30. The fourth-order valence-electron chi connectivity index (χ4n) is 1.63. The molecule has 4 nitrogen and oxygen atoms in total. The number of nitrogens with one attached hydrogen (secondary N) is 2. The quantitative estimate of drug-likeness (QED) is 0.821. The number of carbonyl (C=O) groups excluding carboxylic acids is 2. The van der Waals surface area contributed by atoms with E-state index >= 15 is 0 Å². The van der Waals surface area contributed by atoms with E-state index in [1.165, 1.54) is 0 Å². The Hall–Kier alpha value is -1.55. The topological polar surface area (TPSA) is 58.2 Å². The van der Waals surface area contributed by atoms with Crippen LogP contribution in [0.2, 0.25) is 5.02 Å². The molecule has 2 amide bonds. The zero-order chi connectivity index (χ0) is 15.2. The van der Waals surface area contributed by atoms with Crippen molar-refractivity contribution in [2.24, 2.45) is 0 Å². The van der Waals surface area contributed by atoms with E-state index in [9.17, 15) is 9.59 Å². The van der Waals surface area contributed by atoms with E-state index in [4.69, 9.17) is 11.6 Å². The van der Waals surface area contributed by atoms with Crippen molar-refractivity contribution in [3.63, 3.8) is 0 Å². The Labute approximate surface area is 124 Å². The maximum absolute atomic E-state index is 11.8. The molecule has 0 aliphatic rings. The van der Waals surface area contributed by atoms with Crippen LogP contribution in [0.5, 0.6) is 0 Å². The first kappa shape index (κ1) is 16.5. The molecule has 0 unspecified atom stereocenters. The summed E-state index contributed by atoms with van der Waals surface area (Å²) in [6, 6.07) is 6.69. The maximum Gasteiger partial charge on any atom is 0.251 e. The van der Waals surface area contributed by atoms with Crippen LogP contribution in [0.15, 0.2) is 24.3 Å². The second-order valence-corrected chi connectivity index (χ2v) is 6.10. The van der Waals surface area contributed by atoms with Crippen molar-refractivity contribution in [3.05, 3.63) is 34.9 Å². The van der Waals surface area contributed by atoms with Crippen LogP contribution in [-0.2, 0) is 4.79 Å². The van der Waals surface area contributed by atoms with Gasteiger partial charge in [-0.25, -0.2) is 0 Å². The normalized spacial score (nSPS) is 11.0. The number of rotatable bonds is 5. The number of carbonyl (C=O) groups is 2. The molecule has 1 rings (SSSR count). The van der Waals surface area contributed by atoms with Crippen molar-refractivity contribution in [1.29, 1.82) is 0 Å².